The molecule has 0 saturated heterocycles. The van der Waals surface area contributed by atoms with Crippen LogP contribution in [0, 0.1) is 0 Å². The number of unbranched alkanes of at least 4 members (excludes halogenated alkanes) is 4. The van der Waals surface area contributed by atoms with Crippen LogP contribution in [0.25, 0.3) is 0 Å². The van der Waals surface area contributed by atoms with Gasteiger partial charge in [-0.25, -0.2) is 0 Å². The predicted octanol–water partition coefficient (Wildman–Crippen LogP) is 5.18. The van der Waals surface area contributed by atoms with E-state index >= 15 is 0 Å². The van der Waals surface area contributed by atoms with Crippen LogP contribution in [0.1, 0.15) is 65.7 Å². The summed E-state index contributed by atoms with van der Waals surface area (Å²) in [6.07, 6.45) is 9.49. The lowest BCUT2D eigenvalue weighted by atomic mass is 10.0. The van der Waals surface area contributed by atoms with Crippen molar-refractivity contribution < 1.29 is 0 Å². The first-order valence-corrected chi connectivity index (χ1v) is 7.99. The van der Waals surface area contributed by atoms with E-state index in [0.29, 0.717) is 4.75 Å². The van der Waals surface area contributed by atoms with Gasteiger partial charge in [-0.1, -0.05) is 46.5 Å². The van der Waals surface area contributed by atoms with E-state index in [0.717, 1.165) is 5.75 Å². The Bertz CT molecular complexity index is 132. The first kappa shape index (κ1) is 15.7. The van der Waals surface area contributed by atoms with E-state index in [9.17, 15) is 0 Å². The van der Waals surface area contributed by atoms with Crippen molar-refractivity contribution in [2.45, 2.75) is 70.5 Å². The van der Waals surface area contributed by atoms with Crippen LogP contribution in [0.3, 0.4) is 0 Å². The first-order chi connectivity index (χ1) is 7.12. The summed E-state index contributed by atoms with van der Waals surface area (Å²) >= 11 is 6.38. The molecule has 0 amide bonds. The van der Waals surface area contributed by atoms with E-state index in [2.05, 4.69) is 45.2 Å². The van der Waals surface area contributed by atoms with Gasteiger partial charge >= 0.3 is 0 Å². The average molecular weight is 249 g/mol. The maximum absolute atomic E-state index is 4.23. The summed E-state index contributed by atoms with van der Waals surface area (Å²) in [5.41, 5.74) is 0. The van der Waals surface area contributed by atoms with Crippen molar-refractivity contribution >= 4 is 24.4 Å². The standard InChI is InChI=1S/C13H28S2/c1-4-5-7-10-13(2,3)15-12-9-6-8-11-14/h14H,4-12H2,1-3H3. The minimum atomic E-state index is 0.496. The van der Waals surface area contributed by atoms with Gasteiger partial charge in [0.15, 0.2) is 0 Å². The van der Waals surface area contributed by atoms with E-state index in [1.165, 1.54) is 50.7 Å². The largest absolute Gasteiger partial charge is 0.179 e. The Morgan fingerprint density at radius 3 is 2.33 bits per heavy atom. The molecule has 0 atom stereocenters. The van der Waals surface area contributed by atoms with Crippen molar-refractivity contribution in [1.82, 2.24) is 0 Å². The van der Waals surface area contributed by atoms with Gasteiger partial charge in [-0.3, -0.25) is 0 Å². The van der Waals surface area contributed by atoms with E-state index in [-0.39, 0.29) is 0 Å². The summed E-state index contributed by atoms with van der Waals surface area (Å²) in [6.45, 7) is 7.06. The van der Waals surface area contributed by atoms with Gasteiger partial charge in [0.25, 0.3) is 0 Å². The Morgan fingerprint density at radius 2 is 1.73 bits per heavy atom. The second-order valence-electron chi connectivity index (χ2n) is 4.85. The lowest BCUT2D eigenvalue weighted by Crippen LogP contribution is -2.15. The Balaban J connectivity index is 3.38. The molecular formula is C13H28S2. The van der Waals surface area contributed by atoms with Gasteiger partial charge in [-0.05, 0) is 30.8 Å². The minimum absolute atomic E-state index is 0.496. The first-order valence-electron chi connectivity index (χ1n) is 6.37. The summed E-state index contributed by atoms with van der Waals surface area (Å²) in [4.78, 5) is 0. The van der Waals surface area contributed by atoms with Gasteiger partial charge in [0.2, 0.25) is 0 Å². The minimum Gasteiger partial charge on any atom is -0.179 e. The van der Waals surface area contributed by atoms with Crippen LogP contribution in [0.2, 0.25) is 0 Å². The highest BCUT2D eigenvalue weighted by molar-refractivity contribution is 8.00. The number of thiol groups is 1. The van der Waals surface area contributed by atoms with Gasteiger partial charge in [-0.15, -0.1) is 0 Å². The summed E-state index contributed by atoms with van der Waals surface area (Å²) < 4.78 is 0.496. The van der Waals surface area contributed by atoms with Gasteiger partial charge in [0.05, 0.1) is 0 Å². The van der Waals surface area contributed by atoms with Crippen LogP contribution in [0.5, 0.6) is 0 Å². The van der Waals surface area contributed by atoms with Crippen LogP contribution in [0.4, 0.5) is 0 Å². The molecule has 0 nitrogen and oxygen atoms in total. The molecule has 0 fully saturated rings. The Kier molecular flexibility index (Phi) is 10.4. The van der Waals surface area contributed by atoms with Crippen LogP contribution >= 0.6 is 24.4 Å². The maximum Gasteiger partial charge on any atom is 0.0103 e. The zero-order valence-electron chi connectivity index (χ0n) is 10.7. The van der Waals surface area contributed by atoms with Crippen LogP contribution in [0.15, 0.2) is 0 Å². The van der Waals surface area contributed by atoms with Crippen molar-refractivity contribution in [3.63, 3.8) is 0 Å². The molecule has 0 heterocycles. The molecule has 0 spiro atoms. The molecule has 0 saturated carbocycles. The molecule has 0 aromatic heterocycles. The fraction of sp³-hybridized carbons (Fsp3) is 1.00. The lowest BCUT2D eigenvalue weighted by Gasteiger charge is -2.24. The summed E-state index contributed by atoms with van der Waals surface area (Å²) in [7, 11) is 0. The fourth-order valence-electron chi connectivity index (χ4n) is 1.61. The molecule has 0 aliphatic carbocycles. The van der Waals surface area contributed by atoms with Gasteiger partial charge in [-0.2, -0.15) is 24.4 Å². The third kappa shape index (κ3) is 11.0. The Morgan fingerprint density at radius 1 is 1.00 bits per heavy atom. The highest BCUT2D eigenvalue weighted by Gasteiger charge is 2.16. The fourth-order valence-corrected chi connectivity index (χ4v) is 3.03. The van der Waals surface area contributed by atoms with Crippen molar-refractivity contribution in [2.24, 2.45) is 0 Å². The molecule has 0 bridgehead atoms. The Hall–Kier alpha value is 0.700. The monoisotopic (exact) mass is 248 g/mol. The predicted molar refractivity (Wildman–Crippen MR) is 78.4 cm³/mol. The number of hydrogen-bond acceptors (Lipinski definition) is 2. The van der Waals surface area contributed by atoms with Crippen molar-refractivity contribution in [3.8, 4) is 0 Å². The molecule has 0 aromatic rings. The molecule has 0 rings (SSSR count). The zero-order valence-corrected chi connectivity index (χ0v) is 12.4. The Labute approximate surface area is 106 Å². The molecule has 0 aliphatic heterocycles. The van der Waals surface area contributed by atoms with Gasteiger partial charge in [0.1, 0.15) is 0 Å². The molecule has 15 heavy (non-hydrogen) atoms. The lowest BCUT2D eigenvalue weighted by molar-refractivity contribution is 0.572. The molecule has 0 unspecified atom stereocenters. The second-order valence-corrected chi connectivity index (χ2v) is 7.10. The third-order valence-electron chi connectivity index (χ3n) is 2.68. The molecule has 0 aliphatic rings. The van der Waals surface area contributed by atoms with E-state index < -0.39 is 0 Å². The highest BCUT2D eigenvalue weighted by atomic mass is 32.2. The summed E-state index contributed by atoms with van der Waals surface area (Å²) in [6, 6.07) is 0. The third-order valence-corrected chi connectivity index (χ3v) is 4.47. The summed E-state index contributed by atoms with van der Waals surface area (Å²) in [5.74, 6) is 2.37. The van der Waals surface area contributed by atoms with Crippen LogP contribution in [-0.2, 0) is 0 Å². The molecule has 2 heteroatoms. The second kappa shape index (κ2) is 9.89. The maximum atomic E-state index is 4.23. The number of rotatable bonds is 10. The molecular weight excluding hydrogens is 220 g/mol. The normalized spacial score (nSPS) is 12.0. The van der Waals surface area contributed by atoms with Gasteiger partial charge in [0, 0.05) is 4.75 Å². The smallest absolute Gasteiger partial charge is 0.0103 e. The number of hydrogen-bond donors (Lipinski definition) is 1. The van der Waals surface area contributed by atoms with E-state index in [1.54, 1.807) is 0 Å². The average Bonchev–Trinajstić information content (AvgIpc) is 2.17. The quantitative estimate of drug-likeness (QED) is 0.410. The topological polar surface area (TPSA) is 0 Å². The zero-order chi connectivity index (χ0) is 11.6. The van der Waals surface area contributed by atoms with E-state index in [4.69, 9.17) is 0 Å². The van der Waals surface area contributed by atoms with Crippen molar-refractivity contribution in [2.75, 3.05) is 11.5 Å². The molecule has 92 valence electrons. The molecule has 0 N–H and O–H groups in total. The van der Waals surface area contributed by atoms with Gasteiger partial charge < -0.3 is 0 Å². The van der Waals surface area contributed by atoms with E-state index in [1.807, 2.05) is 0 Å². The van der Waals surface area contributed by atoms with Crippen molar-refractivity contribution in [3.05, 3.63) is 0 Å². The van der Waals surface area contributed by atoms with Crippen LogP contribution < -0.4 is 0 Å². The summed E-state index contributed by atoms with van der Waals surface area (Å²) in [5, 5.41) is 0. The van der Waals surface area contributed by atoms with Crippen LogP contribution in [-0.4, -0.2) is 16.3 Å². The van der Waals surface area contributed by atoms with Crippen molar-refractivity contribution in [1.29, 1.82) is 0 Å². The SMILES string of the molecule is CCCCCC(C)(C)SCCCCCS. The molecule has 0 radical (unpaired) electrons. The number of thioether (sulfide) groups is 1. The highest BCUT2D eigenvalue weighted by Crippen LogP contribution is 2.30. The molecule has 0 aromatic carbocycles.